The summed E-state index contributed by atoms with van der Waals surface area (Å²) in [6.07, 6.45) is 1.09. The van der Waals surface area contributed by atoms with Gasteiger partial charge in [0.2, 0.25) is 11.8 Å². The van der Waals surface area contributed by atoms with Crippen LogP contribution >= 0.6 is 11.3 Å². The molecule has 1 amide bonds. The van der Waals surface area contributed by atoms with Crippen LogP contribution in [-0.4, -0.2) is 27.5 Å². The molecule has 2 aromatic rings. The Morgan fingerprint density at radius 2 is 2.08 bits per heavy atom. The fourth-order valence-electron chi connectivity index (χ4n) is 2.60. The smallest absolute Gasteiger partial charge is 0.305 e. The second-order valence-electron chi connectivity index (χ2n) is 5.82. The maximum absolute atomic E-state index is 12.4. The van der Waals surface area contributed by atoms with Crippen LogP contribution in [0.5, 0.6) is 0 Å². The third-order valence-corrected chi connectivity index (χ3v) is 4.92. The molecule has 130 valence electrons. The van der Waals surface area contributed by atoms with Gasteiger partial charge in [-0.1, -0.05) is 13.8 Å². The Bertz CT molecular complexity index is 702. The van der Waals surface area contributed by atoms with Crippen LogP contribution in [-0.2, 0) is 16.0 Å². The number of aromatic nitrogens is 1. The van der Waals surface area contributed by atoms with Crippen molar-refractivity contribution in [2.75, 3.05) is 0 Å². The zero-order valence-electron chi connectivity index (χ0n) is 14.1. The summed E-state index contributed by atoms with van der Waals surface area (Å²) in [6.45, 7) is 5.53. The highest BCUT2D eigenvalue weighted by atomic mass is 32.1. The molecule has 0 aliphatic heterocycles. The van der Waals surface area contributed by atoms with E-state index in [0.29, 0.717) is 30.2 Å². The van der Waals surface area contributed by atoms with Crippen LogP contribution in [0.4, 0.5) is 0 Å². The maximum Gasteiger partial charge on any atom is 0.305 e. The van der Waals surface area contributed by atoms with E-state index in [-0.39, 0.29) is 18.7 Å². The first kappa shape index (κ1) is 18.2. The van der Waals surface area contributed by atoms with Gasteiger partial charge in [-0.3, -0.25) is 9.59 Å². The standard InChI is InChI=1S/C17H22N2O4S/c1-4-17(5-2,9-15(21)22)19-14(20)8-13-11(3)23-16(18-13)12-6-7-24-10-12/h6-7,10H,4-5,8-9H2,1-3H3,(H,19,20)(H,21,22). The minimum atomic E-state index is -0.920. The largest absolute Gasteiger partial charge is 0.481 e. The minimum Gasteiger partial charge on any atom is -0.481 e. The van der Waals surface area contributed by atoms with Gasteiger partial charge < -0.3 is 14.8 Å². The second kappa shape index (κ2) is 7.61. The molecule has 2 rings (SSSR count). The molecule has 0 atom stereocenters. The lowest BCUT2D eigenvalue weighted by molar-refractivity contribution is -0.139. The van der Waals surface area contributed by atoms with Gasteiger partial charge in [-0.2, -0.15) is 11.3 Å². The predicted octanol–water partition coefficient (Wildman–Crippen LogP) is 3.40. The number of carboxylic acid groups (broad SMARTS) is 1. The molecule has 2 heterocycles. The molecule has 0 aliphatic rings. The first-order valence-corrected chi connectivity index (χ1v) is 8.85. The van der Waals surface area contributed by atoms with Crippen LogP contribution in [0.3, 0.4) is 0 Å². The van der Waals surface area contributed by atoms with Gasteiger partial charge in [-0.15, -0.1) is 0 Å². The van der Waals surface area contributed by atoms with Crippen LogP contribution in [0.2, 0.25) is 0 Å². The molecule has 0 saturated heterocycles. The number of aliphatic carboxylic acids is 1. The molecule has 0 bridgehead atoms. The molecule has 2 N–H and O–H groups in total. The number of hydrogen-bond acceptors (Lipinski definition) is 5. The van der Waals surface area contributed by atoms with Crippen LogP contribution in [0.25, 0.3) is 11.5 Å². The molecule has 0 unspecified atom stereocenters. The maximum atomic E-state index is 12.4. The van der Waals surface area contributed by atoms with Crippen LogP contribution < -0.4 is 5.32 Å². The van der Waals surface area contributed by atoms with Gasteiger partial charge in [-0.25, -0.2) is 4.98 Å². The Morgan fingerprint density at radius 1 is 1.38 bits per heavy atom. The first-order valence-electron chi connectivity index (χ1n) is 7.90. The van der Waals surface area contributed by atoms with E-state index in [0.717, 1.165) is 5.56 Å². The molecule has 24 heavy (non-hydrogen) atoms. The Morgan fingerprint density at radius 3 is 2.62 bits per heavy atom. The van der Waals surface area contributed by atoms with Gasteiger partial charge in [0.15, 0.2) is 0 Å². The van der Waals surface area contributed by atoms with E-state index in [1.807, 2.05) is 30.7 Å². The lowest BCUT2D eigenvalue weighted by atomic mass is 9.88. The van der Waals surface area contributed by atoms with Gasteiger partial charge in [0.1, 0.15) is 5.76 Å². The number of carbonyl (C=O) groups excluding carboxylic acids is 1. The molecule has 0 aliphatic carbocycles. The number of nitrogens with zero attached hydrogens (tertiary/aromatic N) is 1. The van der Waals surface area contributed by atoms with E-state index >= 15 is 0 Å². The number of aryl methyl sites for hydroxylation is 1. The Labute approximate surface area is 144 Å². The molecule has 0 spiro atoms. The number of rotatable bonds is 8. The number of nitrogens with one attached hydrogen (secondary N) is 1. The minimum absolute atomic E-state index is 0.0703. The van der Waals surface area contributed by atoms with E-state index in [1.165, 1.54) is 0 Å². The summed E-state index contributed by atoms with van der Waals surface area (Å²) in [5.41, 5.74) is 0.735. The van der Waals surface area contributed by atoms with E-state index in [2.05, 4.69) is 10.3 Å². The van der Waals surface area contributed by atoms with Gasteiger partial charge >= 0.3 is 5.97 Å². The topological polar surface area (TPSA) is 92.4 Å². The molecule has 0 aromatic carbocycles. The van der Waals surface area contributed by atoms with Crippen LogP contribution in [0, 0.1) is 6.92 Å². The monoisotopic (exact) mass is 350 g/mol. The van der Waals surface area contributed by atoms with Crippen molar-refractivity contribution in [1.29, 1.82) is 0 Å². The number of hydrogen-bond donors (Lipinski definition) is 2. The molecule has 6 nitrogen and oxygen atoms in total. The number of amides is 1. The highest BCUT2D eigenvalue weighted by Gasteiger charge is 2.31. The Hall–Kier alpha value is -2.15. The second-order valence-corrected chi connectivity index (χ2v) is 6.60. The first-order chi connectivity index (χ1) is 11.4. The van der Waals surface area contributed by atoms with Crippen molar-refractivity contribution in [3.63, 3.8) is 0 Å². The van der Waals surface area contributed by atoms with E-state index in [1.54, 1.807) is 18.3 Å². The van der Waals surface area contributed by atoms with Crippen molar-refractivity contribution in [2.24, 2.45) is 0 Å². The summed E-state index contributed by atoms with van der Waals surface area (Å²) in [6, 6.07) is 1.91. The van der Waals surface area contributed by atoms with E-state index < -0.39 is 11.5 Å². The van der Waals surface area contributed by atoms with Crippen LogP contribution in [0.1, 0.15) is 44.6 Å². The third kappa shape index (κ3) is 4.23. The molecule has 0 radical (unpaired) electrons. The normalized spacial score (nSPS) is 11.5. The molecular weight excluding hydrogens is 328 g/mol. The fourth-order valence-corrected chi connectivity index (χ4v) is 3.23. The summed E-state index contributed by atoms with van der Waals surface area (Å²) in [4.78, 5) is 27.9. The quantitative estimate of drug-likeness (QED) is 0.761. The highest BCUT2D eigenvalue weighted by molar-refractivity contribution is 7.08. The third-order valence-electron chi connectivity index (χ3n) is 4.24. The Kier molecular flexibility index (Phi) is 5.77. The van der Waals surface area contributed by atoms with Gasteiger partial charge in [0.25, 0.3) is 0 Å². The number of thiophene rings is 1. The van der Waals surface area contributed by atoms with Crippen LogP contribution in [0.15, 0.2) is 21.2 Å². The average molecular weight is 350 g/mol. The summed E-state index contributed by atoms with van der Waals surface area (Å²) >= 11 is 1.55. The predicted molar refractivity (Wildman–Crippen MR) is 92.0 cm³/mol. The van der Waals surface area contributed by atoms with Crippen molar-refractivity contribution in [3.05, 3.63) is 28.3 Å². The molecule has 2 aromatic heterocycles. The zero-order chi connectivity index (χ0) is 17.7. The average Bonchev–Trinajstić information content (AvgIpc) is 3.16. The van der Waals surface area contributed by atoms with E-state index in [9.17, 15) is 9.59 Å². The summed E-state index contributed by atoms with van der Waals surface area (Å²) in [5, 5.41) is 15.8. The SMILES string of the molecule is CCC(CC)(CC(=O)O)NC(=O)Cc1nc(-c2ccsc2)oc1C. The molecule has 0 saturated carbocycles. The van der Waals surface area contributed by atoms with Crippen molar-refractivity contribution < 1.29 is 19.1 Å². The van der Waals surface area contributed by atoms with E-state index in [4.69, 9.17) is 9.52 Å². The Balaban J connectivity index is 2.10. The summed E-state index contributed by atoms with van der Waals surface area (Å²) < 4.78 is 5.63. The molecule has 0 fully saturated rings. The van der Waals surface area contributed by atoms with Crippen molar-refractivity contribution in [2.45, 2.75) is 52.0 Å². The summed E-state index contributed by atoms with van der Waals surface area (Å²) in [7, 11) is 0. The summed E-state index contributed by atoms with van der Waals surface area (Å²) in [5.74, 6) is -0.0629. The van der Waals surface area contributed by atoms with Gasteiger partial charge in [0.05, 0.1) is 18.5 Å². The molecule has 7 heteroatoms. The van der Waals surface area contributed by atoms with Crippen molar-refractivity contribution in [1.82, 2.24) is 10.3 Å². The van der Waals surface area contributed by atoms with Gasteiger partial charge in [0, 0.05) is 16.5 Å². The van der Waals surface area contributed by atoms with Crippen molar-refractivity contribution >= 4 is 23.2 Å². The lowest BCUT2D eigenvalue weighted by Crippen LogP contribution is -2.49. The van der Waals surface area contributed by atoms with Gasteiger partial charge in [-0.05, 0) is 31.2 Å². The highest BCUT2D eigenvalue weighted by Crippen LogP contribution is 2.25. The molecular formula is C17H22N2O4S. The fraction of sp³-hybridized carbons (Fsp3) is 0.471. The number of carboxylic acids is 1. The van der Waals surface area contributed by atoms with Crippen molar-refractivity contribution in [3.8, 4) is 11.5 Å². The lowest BCUT2D eigenvalue weighted by Gasteiger charge is -2.31. The zero-order valence-corrected chi connectivity index (χ0v) is 14.9. The number of oxazole rings is 1. The number of carbonyl (C=O) groups is 2.